The molecular weight excluding hydrogens is 282 g/mol. The van der Waals surface area contributed by atoms with E-state index in [2.05, 4.69) is 25.1 Å². The summed E-state index contributed by atoms with van der Waals surface area (Å²) in [6.07, 6.45) is 1.32. The Morgan fingerprint density at radius 2 is 1.81 bits per heavy atom. The minimum absolute atomic E-state index is 0.159. The van der Waals surface area contributed by atoms with Crippen molar-refractivity contribution in [3.05, 3.63) is 70.2 Å². The van der Waals surface area contributed by atoms with Gasteiger partial charge in [-0.3, -0.25) is 4.79 Å². The van der Waals surface area contributed by atoms with E-state index in [1.165, 1.54) is 11.1 Å². The van der Waals surface area contributed by atoms with Crippen molar-refractivity contribution in [1.82, 2.24) is 4.90 Å². The first-order valence-electron chi connectivity index (χ1n) is 7.08. The molecule has 21 heavy (non-hydrogen) atoms. The maximum atomic E-state index is 12.2. The number of carbonyl (C=O) groups excluding carboxylic acids is 1. The van der Waals surface area contributed by atoms with E-state index < -0.39 is 0 Å². The van der Waals surface area contributed by atoms with Crippen molar-refractivity contribution in [1.29, 1.82) is 0 Å². The maximum Gasteiger partial charge on any atom is 0.222 e. The van der Waals surface area contributed by atoms with E-state index >= 15 is 0 Å². The molecule has 2 aromatic carbocycles. The van der Waals surface area contributed by atoms with Crippen LogP contribution in [0, 0.1) is 6.92 Å². The Labute approximate surface area is 131 Å². The average molecular weight is 302 g/mol. The Kier molecular flexibility index (Phi) is 5.40. The van der Waals surface area contributed by atoms with Gasteiger partial charge in [0.25, 0.3) is 0 Å². The van der Waals surface area contributed by atoms with E-state index in [0.29, 0.717) is 18.0 Å². The highest BCUT2D eigenvalue weighted by molar-refractivity contribution is 6.30. The van der Waals surface area contributed by atoms with Crippen LogP contribution in [0.4, 0.5) is 0 Å². The van der Waals surface area contributed by atoms with Gasteiger partial charge in [-0.2, -0.15) is 0 Å². The molecule has 2 aromatic rings. The van der Waals surface area contributed by atoms with Gasteiger partial charge in [0.1, 0.15) is 0 Å². The van der Waals surface area contributed by atoms with Crippen LogP contribution < -0.4 is 0 Å². The van der Waals surface area contributed by atoms with Gasteiger partial charge < -0.3 is 4.90 Å². The van der Waals surface area contributed by atoms with Gasteiger partial charge in [-0.25, -0.2) is 0 Å². The molecule has 0 N–H and O–H groups in total. The normalized spacial score (nSPS) is 10.4. The molecule has 0 fully saturated rings. The summed E-state index contributed by atoms with van der Waals surface area (Å²) < 4.78 is 0. The second kappa shape index (κ2) is 7.28. The van der Waals surface area contributed by atoms with Gasteiger partial charge in [0.2, 0.25) is 5.91 Å². The molecule has 2 rings (SSSR count). The summed E-state index contributed by atoms with van der Waals surface area (Å²) in [4.78, 5) is 13.9. The third kappa shape index (κ3) is 4.91. The van der Waals surface area contributed by atoms with Crippen LogP contribution in [-0.2, 0) is 17.8 Å². The number of hydrogen-bond acceptors (Lipinski definition) is 1. The molecular formula is C18H20ClNO. The van der Waals surface area contributed by atoms with Crippen molar-refractivity contribution in [3.63, 3.8) is 0 Å². The van der Waals surface area contributed by atoms with Crippen molar-refractivity contribution < 1.29 is 4.79 Å². The Morgan fingerprint density at radius 3 is 2.48 bits per heavy atom. The fraction of sp³-hybridized carbons (Fsp3) is 0.278. The van der Waals surface area contributed by atoms with Crippen molar-refractivity contribution in [3.8, 4) is 0 Å². The molecule has 0 aromatic heterocycles. The zero-order chi connectivity index (χ0) is 15.2. The molecule has 0 saturated carbocycles. The molecule has 1 amide bonds. The van der Waals surface area contributed by atoms with E-state index in [4.69, 9.17) is 11.6 Å². The van der Waals surface area contributed by atoms with Gasteiger partial charge >= 0.3 is 0 Å². The molecule has 3 heteroatoms. The minimum atomic E-state index is 0.159. The standard InChI is InChI=1S/C18H20ClNO/c1-14-4-3-5-15(12-14)8-11-18(21)20(2)13-16-6-9-17(19)10-7-16/h3-7,9-10,12H,8,11,13H2,1-2H3. The summed E-state index contributed by atoms with van der Waals surface area (Å²) in [6, 6.07) is 15.9. The van der Waals surface area contributed by atoms with Crippen LogP contribution in [0.5, 0.6) is 0 Å². The number of halogens is 1. The lowest BCUT2D eigenvalue weighted by molar-refractivity contribution is -0.130. The van der Waals surface area contributed by atoms with Gasteiger partial charge in [-0.15, -0.1) is 0 Å². The second-order valence-corrected chi connectivity index (χ2v) is 5.80. The third-order valence-electron chi connectivity index (χ3n) is 3.47. The number of rotatable bonds is 5. The van der Waals surface area contributed by atoms with E-state index in [1.807, 2.05) is 37.4 Å². The van der Waals surface area contributed by atoms with Gasteiger partial charge in [0.15, 0.2) is 0 Å². The molecule has 0 spiro atoms. The summed E-state index contributed by atoms with van der Waals surface area (Å²) in [7, 11) is 1.84. The van der Waals surface area contributed by atoms with Crippen molar-refractivity contribution in [2.45, 2.75) is 26.3 Å². The molecule has 0 bridgehead atoms. The van der Waals surface area contributed by atoms with Crippen LogP contribution in [0.25, 0.3) is 0 Å². The third-order valence-corrected chi connectivity index (χ3v) is 3.72. The largest absolute Gasteiger partial charge is 0.341 e. The predicted molar refractivity (Wildman–Crippen MR) is 87.4 cm³/mol. The molecule has 0 aliphatic carbocycles. The summed E-state index contributed by atoms with van der Waals surface area (Å²) in [5.41, 5.74) is 3.53. The first-order chi connectivity index (χ1) is 10.0. The Hall–Kier alpha value is -1.80. The lowest BCUT2D eigenvalue weighted by atomic mass is 10.1. The van der Waals surface area contributed by atoms with E-state index in [-0.39, 0.29) is 5.91 Å². The van der Waals surface area contributed by atoms with Gasteiger partial charge in [-0.05, 0) is 36.6 Å². The number of amides is 1. The first-order valence-corrected chi connectivity index (χ1v) is 7.46. The van der Waals surface area contributed by atoms with E-state index in [0.717, 1.165) is 12.0 Å². The Bertz CT molecular complexity index is 607. The maximum absolute atomic E-state index is 12.2. The zero-order valence-electron chi connectivity index (χ0n) is 12.5. The molecule has 0 aliphatic heterocycles. The van der Waals surface area contributed by atoms with Crippen LogP contribution in [-0.4, -0.2) is 17.9 Å². The summed E-state index contributed by atoms with van der Waals surface area (Å²) in [6.45, 7) is 2.68. The molecule has 110 valence electrons. The number of aryl methyl sites for hydroxylation is 2. The minimum Gasteiger partial charge on any atom is -0.341 e. The van der Waals surface area contributed by atoms with Gasteiger partial charge in [0.05, 0.1) is 0 Å². The number of hydrogen-bond donors (Lipinski definition) is 0. The van der Waals surface area contributed by atoms with Crippen molar-refractivity contribution >= 4 is 17.5 Å². The Balaban J connectivity index is 1.86. The smallest absolute Gasteiger partial charge is 0.222 e. The molecule has 0 unspecified atom stereocenters. The quantitative estimate of drug-likeness (QED) is 0.809. The average Bonchev–Trinajstić information content (AvgIpc) is 2.47. The number of benzene rings is 2. The Morgan fingerprint density at radius 1 is 1.10 bits per heavy atom. The summed E-state index contributed by atoms with van der Waals surface area (Å²) >= 11 is 5.86. The SMILES string of the molecule is Cc1cccc(CCC(=O)N(C)Cc2ccc(Cl)cc2)c1. The highest BCUT2D eigenvalue weighted by atomic mass is 35.5. The summed E-state index contributed by atoms with van der Waals surface area (Å²) in [5, 5.41) is 0.715. The predicted octanol–water partition coefficient (Wildman–Crippen LogP) is 4.24. The highest BCUT2D eigenvalue weighted by Crippen LogP contribution is 2.12. The van der Waals surface area contributed by atoms with Crippen LogP contribution in [0.1, 0.15) is 23.1 Å². The van der Waals surface area contributed by atoms with E-state index in [9.17, 15) is 4.79 Å². The van der Waals surface area contributed by atoms with Crippen molar-refractivity contribution in [2.75, 3.05) is 7.05 Å². The molecule has 0 saturated heterocycles. The van der Waals surface area contributed by atoms with Crippen molar-refractivity contribution in [2.24, 2.45) is 0 Å². The number of carbonyl (C=O) groups is 1. The topological polar surface area (TPSA) is 20.3 Å². The molecule has 0 heterocycles. The highest BCUT2D eigenvalue weighted by Gasteiger charge is 2.09. The summed E-state index contributed by atoms with van der Waals surface area (Å²) in [5.74, 6) is 0.159. The van der Waals surface area contributed by atoms with E-state index in [1.54, 1.807) is 4.90 Å². The monoisotopic (exact) mass is 301 g/mol. The molecule has 0 aliphatic rings. The van der Waals surface area contributed by atoms with Crippen LogP contribution >= 0.6 is 11.6 Å². The van der Waals surface area contributed by atoms with Gasteiger partial charge in [-0.1, -0.05) is 53.6 Å². The zero-order valence-corrected chi connectivity index (χ0v) is 13.2. The van der Waals surface area contributed by atoms with Gasteiger partial charge in [0, 0.05) is 25.0 Å². The lowest BCUT2D eigenvalue weighted by Crippen LogP contribution is -2.26. The van der Waals surface area contributed by atoms with Crippen LogP contribution in [0.2, 0.25) is 5.02 Å². The molecule has 2 nitrogen and oxygen atoms in total. The molecule has 0 radical (unpaired) electrons. The lowest BCUT2D eigenvalue weighted by Gasteiger charge is -2.17. The first kappa shape index (κ1) is 15.6. The van der Waals surface area contributed by atoms with Crippen LogP contribution in [0.15, 0.2) is 48.5 Å². The fourth-order valence-corrected chi connectivity index (χ4v) is 2.39. The number of nitrogens with zero attached hydrogens (tertiary/aromatic N) is 1. The second-order valence-electron chi connectivity index (χ2n) is 5.37. The molecule has 0 atom stereocenters. The fourth-order valence-electron chi connectivity index (χ4n) is 2.26. The van der Waals surface area contributed by atoms with Crippen LogP contribution in [0.3, 0.4) is 0 Å².